The van der Waals surface area contributed by atoms with E-state index >= 15 is 0 Å². The van der Waals surface area contributed by atoms with E-state index < -0.39 is 4.92 Å². The number of nitro benzene ring substituents is 1. The summed E-state index contributed by atoms with van der Waals surface area (Å²) >= 11 is 7.67. The highest BCUT2D eigenvalue weighted by atomic mass is 127. The zero-order valence-corrected chi connectivity index (χ0v) is 11.6. The molecule has 1 aromatic carbocycles. The third kappa shape index (κ3) is 3.26. The van der Waals surface area contributed by atoms with Gasteiger partial charge in [-0.2, -0.15) is 4.98 Å². The summed E-state index contributed by atoms with van der Waals surface area (Å²) in [4.78, 5) is 17.9. The molecule has 1 aromatic heterocycles. The molecule has 0 aliphatic carbocycles. The molecule has 92 valence electrons. The number of nitro groups is 1. The molecule has 0 unspecified atom stereocenters. The molecule has 18 heavy (non-hydrogen) atoms. The summed E-state index contributed by atoms with van der Waals surface area (Å²) in [5.74, 6) is 0.722. The molecule has 0 bridgehead atoms. The van der Waals surface area contributed by atoms with Crippen LogP contribution in [0.4, 0.5) is 5.69 Å². The predicted molar refractivity (Wildman–Crippen MR) is 72.9 cm³/mol. The van der Waals surface area contributed by atoms with Crippen LogP contribution in [0.15, 0.2) is 30.3 Å². The number of halogens is 2. The van der Waals surface area contributed by atoms with Crippen LogP contribution in [-0.2, 0) is 0 Å². The van der Waals surface area contributed by atoms with Gasteiger partial charge in [-0.1, -0.05) is 11.6 Å². The quantitative estimate of drug-likeness (QED) is 0.269. The SMILES string of the molecule is O=[N+]([O-])c1ccc(Oc2cc(Cl)nc(I)n2)cc1. The summed E-state index contributed by atoms with van der Waals surface area (Å²) in [5.41, 5.74) is -0.00218. The van der Waals surface area contributed by atoms with Gasteiger partial charge in [0.2, 0.25) is 5.88 Å². The molecule has 0 N–H and O–H groups in total. The number of aromatic nitrogens is 2. The van der Waals surface area contributed by atoms with Gasteiger partial charge in [-0.05, 0) is 12.1 Å². The summed E-state index contributed by atoms with van der Waals surface area (Å²) in [5, 5.41) is 10.8. The fourth-order valence-electron chi connectivity index (χ4n) is 1.18. The number of benzene rings is 1. The first-order valence-electron chi connectivity index (χ1n) is 4.67. The van der Waals surface area contributed by atoms with Crippen molar-refractivity contribution >= 4 is 39.9 Å². The minimum absolute atomic E-state index is 0.00218. The third-order valence-electron chi connectivity index (χ3n) is 1.91. The van der Waals surface area contributed by atoms with Crippen molar-refractivity contribution in [1.29, 1.82) is 0 Å². The van der Waals surface area contributed by atoms with Crippen molar-refractivity contribution in [2.75, 3.05) is 0 Å². The average Bonchev–Trinajstić information content (AvgIpc) is 2.28. The predicted octanol–water partition coefficient (Wildman–Crippen LogP) is 3.44. The van der Waals surface area contributed by atoms with Crippen LogP contribution in [0.25, 0.3) is 0 Å². The fraction of sp³-hybridized carbons (Fsp3) is 0. The lowest BCUT2D eigenvalue weighted by Crippen LogP contribution is -1.93. The first-order valence-corrected chi connectivity index (χ1v) is 6.12. The van der Waals surface area contributed by atoms with Crippen molar-refractivity contribution in [3.63, 3.8) is 0 Å². The van der Waals surface area contributed by atoms with Crippen LogP contribution in [0.2, 0.25) is 5.15 Å². The maximum Gasteiger partial charge on any atom is 0.269 e. The number of non-ortho nitro benzene ring substituents is 1. The highest BCUT2D eigenvalue weighted by Crippen LogP contribution is 2.24. The van der Waals surface area contributed by atoms with Crippen molar-refractivity contribution in [2.45, 2.75) is 0 Å². The van der Waals surface area contributed by atoms with E-state index in [1.165, 1.54) is 30.3 Å². The summed E-state index contributed by atoms with van der Waals surface area (Å²) in [6, 6.07) is 7.14. The van der Waals surface area contributed by atoms with Crippen LogP contribution in [0.1, 0.15) is 0 Å². The lowest BCUT2D eigenvalue weighted by atomic mass is 10.3. The molecule has 1 heterocycles. The topological polar surface area (TPSA) is 78.2 Å². The maximum atomic E-state index is 10.5. The minimum atomic E-state index is -0.478. The van der Waals surface area contributed by atoms with Gasteiger partial charge >= 0.3 is 0 Å². The molecule has 0 saturated heterocycles. The second-order valence-corrected chi connectivity index (χ2v) is 4.50. The first-order chi connectivity index (χ1) is 8.54. The molecule has 2 aromatic rings. The van der Waals surface area contributed by atoms with Gasteiger partial charge < -0.3 is 4.74 Å². The van der Waals surface area contributed by atoms with Crippen molar-refractivity contribution in [2.24, 2.45) is 0 Å². The second kappa shape index (κ2) is 5.44. The normalized spacial score (nSPS) is 10.1. The van der Waals surface area contributed by atoms with E-state index in [4.69, 9.17) is 16.3 Å². The van der Waals surface area contributed by atoms with Gasteiger partial charge in [-0.15, -0.1) is 0 Å². The molecule has 8 heteroatoms. The van der Waals surface area contributed by atoms with Crippen LogP contribution in [0, 0.1) is 13.9 Å². The van der Waals surface area contributed by atoms with E-state index in [2.05, 4.69) is 9.97 Å². The van der Waals surface area contributed by atoms with Crippen molar-refractivity contribution in [1.82, 2.24) is 9.97 Å². The summed E-state index contributed by atoms with van der Waals surface area (Å²) in [6.07, 6.45) is 0. The fourth-order valence-corrected chi connectivity index (χ4v) is 1.99. The molecule has 0 spiro atoms. The largest absolute Gasteiger partial charge is 0.439 e. The highest BCUT2D eigenvalue weighted by Gasteiger charge is 2.07. The summed E-state index contributed by atoms with van der Waals surface area (Å²) < 4.78 is 5.87. The van der Waals surface area contributed by atoms with Gasteiger partial charge in [0, 0.05) is 40.8 Å². The van der Waals surface area contributed by atoms with E-state index in [1.54, 1.807) is 0 Å². The Morgan fingerprint density at radius 3 is 2.50 bits per heavy atom. The van der Waals surface area contributed by atoms with Crippen LogP contribution >= 0.6 is 34.2 Å². The molecule has 0 aliphatic rings. The van der Waals surface area contributed by atoms with Crippen molar-refractivity contribution in [3.05, 3.63) is 49.4 Å². The van der Waals surface area contributed by atoms with E-state index in [-0.39, 0.29) is 16.7 Å². The molecule has 0 radical (unpaired) electrons. The van der Waals surface area contributed by atoms with Gasteiger partial charge in [0.05, 0.1) is 4.92 Å². The third-order valence-corrected chi connectivity index (χ3v) is 2.59. The maximum absolute atomic E-state index is 10.5. The Kier molecular flexibility index (Phi) is 3.92. The Labute approximate surface area is 120 Å². The summed E-state index contributed by atoms with van der Waals surface area (Å²) in [7, 11) is 0. The van der Waals surface area contributed by atoms with Gasteiger partial charge in [0.25, 0.3) is 5.69 Å². The molecule has 0 saturated carbocycles. The Balaban J connectivity index is 2.20. The average molecular weight is 378 g/mol. The van der Waals surface area contributed by atoms with Crippen LogP contribution in [0.5, 0.6) is 11.6 Å². The van der Waals surface area contributed by atoms with Crippen molar-refractivity contribution < 1.29 is 9.66 Å². The summed E-state index contributed by atoms with van der Waals surface area (Å²) in [6.45, 7) is 0. The molecule has 2 rings (SSSR count). The lowest BCUT2D eigenvalue weighted by molar-refractivity contribution is -0.384. The van der Waals surface area contributed by atoms with E-state index in [0.29, 0.717) is 9.58 Å². The Morgan fingerprint density at radius 1 is 1.28 bits per heavy atom. The monoisotopic (exact) mass is 377 g/mol. The van der Waals surface area contributed by atoms with Gasteiger partial charge in [0.1, 0.15) is 10.9 Å². The lowest BCUT2D eigenvalue weighted by Gasteiger charge is -2.04. The van der Waals surface area contributed by atoms with Gasteiger partial charge in [0.15, 0.2) is 3.83 Å². The second-order valence-electron chi connectivity index (χ2n) is 3.15. The minimum Gasteiger partial charge on any atom is -0.439 e. The molecule has 0 atom stereocenters. The molecule has 0 aliphatic heterocycles. The molecular weight excluding hydrogens is 372 g/mol. The number of rotatable bonds is 3. The van der Waals surface area contributed by atoms with E-state index in [1.807, 2.05) is 22.6 Å². The standard InChI is InChI=1S/C10H5ClIN3O3/c11-8-5-9(14-10(12)13-8)18-7-3-1-6(2-4-7)15(16)17/h1-5H. The molecule has 0 fully saturated rings. The molecule has 0 amide bonds. The smallest absolute Gasteiger partial charge is 0.269 e. The number of hydrogen-bond acceptors (Lipinski definition) is 5. The number of nitrogens with zero attached hydrogens (tertiary/aromatic N) is 3. The van der Waals surface area contributed by atoms with Crippen LogP contribution in [0.3, 0.4) is 0 Å². The van der Waals surface area contributed by atoms with Crippen LogP contribution in [-0.4, -0.2) is 14.9 Å². The highest BCUT2D eigenvalue weighted by molar-refractivity contribution is 14.1. The van der Waals surface area contributed by atoms with Crippen LogP contribution < -0.4 is 4.74 Å². The Hall–Kier alpha value is -1.48. The number of ether oxygens (including phenoxy) is 1. The van der Waals surface area contributed by atoms with Gasteiger partial charge in [-0.25, -0.2) is 4.98 Å². The number of hydrogen-bond donors (Lipinski definition) is 0. The molecule has 6 nitrogen and oxygen atoms in total. The van der Waals surface area contributed by atoms with E-state index in [0.717, 1.165) is 0 Å². The Morgan fingerprint density at radius 2 is 1.94 bits per heavy atom. The van der Waals surface area contributed by atoms with E-state index in [9.17, 15) is 10.1 Å². The van der Waals surface area contributed by atoms with Gasteiger partial charge in [-0.3, -0.25) is 10.1 Å². The zero-order valence-electron chi connectivity index (χ0n) is 8.71. The molecular formula is C10H5ClIN3O3. The Bertz CT molecular complexity index is 571. The van der Waals surface area contributed by atoms with Crippen molar-refractivity contribution in [3.8, 4) is 11.6 Å². The first kappa shape index (κ1) is 13.0. The zero-order chi connectivity index (χ0) is 13.1.